The molecule has 6 N–H and O–H groups in total. The number of alkyl carbamates (subject to hydrolysis) is 2. The van der Waals surface area contributed by atoms with Crippen molar-refractivity contribution in [1.82, 2.24) is 21.3 Å². The van der Waals surface area contributed by atoms with Gasteiger partial charge >= 0.3 is 12.2 Å². The predicted molar refractivity (Wildman–Crippen MR) is 213 cm³/mol. The number of ether oxygens (including phenoxy) is 2. The fourth-order valence-electron chi connectivity index (χ4n) is 6.12. The largest absolute Gasteiger partial charge is 0.445 e. The summed E-state index contributed by atoms with van der Waals surface area (Å²) in [6.45, 7) is 7.08. The lowest BCUT2D eigenvalue weighted by atomic mass is 9.90. The highest BCUT2D eigenvalue weighted by Gasteiger charge is 2.37. The van der Waals surface area contributed by atoms with Crippen LogP contribution < -0.4 is 21.3 Å². The zero-order chi connectivity index (χ0) is 40.5. The molecule has 0 aromatic heterocycles. The van der Waals surface area contributed by atoms with E-state index in [0.717, 1.165) is 22.3 Å². The van der Waals surface area contributed by atoms with Crippen LogP contribution in [0, 0.1) is 11.8 Å². The third kappa shape index (κ3) is 13.8. The topological polar surface area (TPSA) is 175 Å². The second-order valence-corrected chi connectivity index (χ2v) is 14.4. The minimum Gasteiger partial charge on any atom is -0.445 e. The van der Waals surface area contributed by atoms with Gasteiger partial charge in [0.05, 0.1) is 12.1 Å². The zero-order valence-corrected chi connectivity index (χ0v) is 32.3. The van der Waals surface area contributed by atoms with Crippen molar-refractivity contribution < 1.29 is 38.9 Å². The first-order valence-electron chi connectivity index (χ1n) is 18.9. The molecule has 0 radical (unpaired) electrons. The lowest BCUT2D eigenvalue weighted by molar-refractivity contribution is -0.129. The molecule has 4 aromatic carbocycles. The minimum absolute atomic E-state index is 0.0111. The summed E-state index contributed by atoms with van der Waals surface area (Å²) in [5.41, 5.74) is 3.09. The lowest BCUT2D eigenvalue weighted by Crippen LogP contribution is -2.61. The van der Waals surface area contributed by atoms with E-state index in [9.17, 15) is 29.4 Å². The summed E-state index contributed by atoms with van der Waals surface area (Å²) in [5.74, 6) is -1.93. The van der Waals surface area contributed by atoms with Crippen molar-refractivity contribution in [2.45, 2.75) is 90.1 Å². The van der Waals surface area contributed by atoms with E-state index in [1.54, 1.807) is 27.7 Å². The molecule has 4 aromatic rings. The standard InChI is InChI=1S/C44H54N4O8/c1-29(2)37(47-43(53)55-27-33-21-13-7-14-22-33)41(51)45-35(25-31-17-9-5-10-18-31)39(49)40(50)36(26-32-19-11-6-12-20-32)46-42(52)38(30(3)4)48-44(54)56-28-34-23-15-8-16-24-34/h5-24,29-30,35-40,49-50H,25-28H2,1-4H3,(H,45,51)(H,46,52)(H,47,53)(H,48,54)/t35-,36-,37-,38-,39?,40?/m0/s1. The number of hydrogen-bond donors (Lipinski definition) is 6. The van der Waals surface area contributed by atoms with E-state index >= 15 is 0 Å². The molecule has 0 saturated heterocycles. The maximum absolute atomic E-state index is 13.9. The Labute approximate surface area is 329 Å². The lowest BCUT2D eigenvalue weighted by Gasteiger charge is -2.35. The SMILES string of the molecule is CC(C)[C@H](NC(=O)OCc1ccccc1)C(=O)N[C@@H](Cc1ccccc1)C(O)C(O)[C@H](Cc1ccccc1)NC(=O)[C@@H](NC(=O)OCc1ccccc1)C(C)C. The molecule has 4 amide bonds. The van der Waals surface area contributed by atoms with Crippen LogP contribution in [0.3, 0.4) is 0 Å². The molecule has 298 valence electrons. The molecule has 0 heterocycles. The number of carbonyl (C=O) groups is 4. The van der Waals surface area contributed by atoms with Gasteiger partial charge in [-0.25, -0.2) is 9.59 Å². The molecule has 2 unspecified atom stereocenters. The van der Waals surface area contributed by atoms with Crippen LogP contribution in [0.4, 0.5) is 9.59 Å². The van der Waals surface area contributed by atoms with Crippen LogP contribution in [-0.2, 0) is 45.1 Å². The predicted octanol–water partition coefficient (Wildman–Crippen LogP) is 5.07. The summed E-state index contributed by atoms with van der Waals surface area (Å²) >= 11 is 0. The van der Waals surface area contributed by atoms with Gasteiger partial charge in [-0.3, -0.25) is 9.59 Å². The number of rotatable bonds is 19. The summed E-state index contributed by atoms with van der Waals surface area (Å²) in [7, 11) is 0. The Morgan fingerprint density at radius 3 is 1.04 bits per heavy atom. The Morgan fingerprint density at radius 2 is 0.750 bits per heavy atom. The van der Waals surface area contributed by atoms with Crippen molar-refractivity contribution in [2.24, 2.45) is 11.8 Å². The first-order valence-corrected chi connectivity index (χ1v) is 18.9. The summed E-state index contributed by atoms with van der Waals surface area (Å²) in [4.78, 5) is 53.4. The van der Waals surface area contributed by atoms with E-state index in [0.29, 0.717) is 0 Å². The molecule has 0 aliphatic rings. The van der Waals surface area contributed by atoms with Crippen LogP contribution in [0.25, 0.3) is 0 Å². The molecule has 12 nitrogen and oxygen atoms in total. The van der Waals surface area contributed by atoms with Crippen molar-refractivity contribution in [1.29, 1.82) is 0 Å². The molecular weight excluding hydrogens is 713 g/mol. The van der Waals surface area contributed by atoms with Crippen LogP contribution in [0.5, 0.6) is 0 Å². The first-order chi connectivity index (χ1) is 26.9. The van der Waals surface area contributed by atoms with E-state index in [-0.39, 0.29) is 37.9 Å². The number of nitrogens with one attached hydrogen (secondary N) is 4. The van der Waals surface area contributed by atoms with E-state index < -0.39 is 60.4 Å². The molecule has 6 atom stereocenters. The van der Waals surface area contributed by atoms with Crippen LogP contribution in [0.2, 0.25) is 0 Å². The monoisotopic (exact) mass is 766 g/mol. The van der Waals surface area contributed by atoms with Gasteiger partial charge < -0.3 is 41.0 Å². The Morgan fingerprint density at radius 1 is 0.464 bits per heavy atom. The summed E-state index contributed by atoms with van der Waals surface area (Å²) in [5, 5.41) is 34.9. The Kier molecular flexibility index (Phi) is 16.9. The molecule has 0 bridgehead atoms. The van der Waals surface area contributed by atoms with Crippen molar-refractivity contribution in [3.05, 3.63) is 144 Å². The molecule has 0 aliphatic heterocycles. The molecular formula is C44H54N4O8. The number of aliphatic hydroxyl groups is 2. The maximum Gasteiger partial charge on any atom is 0.408 e. The second-order valence-electron chi connectivity index (χ2n) is 14.4. The van der Waals surface area contributed by atoms with Crippen LogP contribution in [0.15, 0.2) is 121 Å². The number of benzene rings is 4. The van der Waals surface area contributed by atoms with Gasteiger partial charge in [0, 0.05) is 0 Å². The van der Waals surface area contributed by atoms with Gasteiger partial charge in [0.1, 0.15) is 37.5 Å². The fourth-order valence-corrected chi connectivity index (χ4v) is 6.12. The molecule has 4 rings (SSSR count). The molecule has 12 heteroatoms. The quantitative estimate of drug-likeness (QED) is 0.0768. The third-order valence-corrected chi connectivity index (χ3v) is 9.30. The van der Waals surface area contributed by atoms with E-state index in [1.165, 1.54) is 0 Å². The van der Waals surface area contributed by atoms with Crippen molar-refractivity contribution in [3.8, 4) is 0 Å². The second kappa shape index (κ2) is 22.0. The van der Waals surface area contributed by atoms with E-state index in [2.05, 4.69) is 21.3 Å². The maximum atomic E-state index is 13.9. The van der Waals surface area contributed by atoms with Crippen LogP contribution in [0.1, 0.15) is 49.9 Å². The average Bonchev–Trinajstić information content (AvgIpc) is 3.20. The smallest absolute Gasteiger partial charge is 0.408 e. The van der Waals surface area contributed by atoms with E-state index in [4.69, 9.17) is 9.47 Å². The summed E-state index contributed by atoms with van der Waals surface area (Å²) < 4.78 is 10.7. The zero-order valence-electron chi connectivity index (χ0n) is 32.3. The van der Waals surface area contributed by atoms with Gasteiger partial charge in [-0.1, -0.05) is 149 Å². The highest BCUT2D eigenvalue weighted by atomic mass is 16.6. The van der Waals surface area contributed by atoms with Gasteiger partial charge in [0.2, 0.25) is 11.8 Å². The number of carbonyl (C=O) groups excluding carboxylic acids is 4. The van der Waals surface area contributed by atoms with Gasteiger partial charge in [-0.2, -0.15) is 0 Å². The molecule has 0 saturated carbocycles. The summed E-state index contributed by atoms with van der Waals surface area (Å²) in [6, 6.07) is 32.3. The van der Waals surface area contributed by atoms with Crippen LogP contribution >= 0.6 is 0 Å². The average molecular weight is 767 g/mol. The highest BCUT2D eigenvalue weighted by molar-refractivity contribution is 5.87. The molecule has 0 fully saturated rings. The normalized spacial score (nSPS) is 14.4. The summed E-state index contributed by atoms with van der Waals surface area (Å²) in [6.07, 6.45) is -4.55. The fraction of sp³-hybridized carbons (Fsp3) is 0.364. The van der Waals surface area contributed by atoms with Gasteiger partial charge in [-0.15, -0.1) is 0 Å². The Hall–Kier alpha value is -5.72. The Balaban J connectivity index is 1.53. The minimum atomic E-state index is -1.60. The van der Waals surface area contributed by atoms with Crippen LogP contribution in [-0.4, -0.2) is 70.6 Å². The number of amides is 4. The molecule has 0 spiro atoms. The van der Waals surface area contributed by atoms with Crippen molar-refractivity contribution in [2.75, 3.05) is 0 Å². The number of hydrogen-bond acceptors (Lipinski definition) is 8. The third-order valence-electron chi connectivity index (χ3n) is 9.30. The van der Waals surface area contributed by atoms with Gasteiger partial charge in [0.25, 0.3) is 0 Å². The van der Waals surface area contributed by atoms with E-state index in [1.807, 2.05) is 121 Å². The van der Waals surface area contributed by atoms with Gasteiger partial charge in [0.15, 0.2) is 0 Å². The molecule has 56 heavy (non-hydrogen) atoms. The number of aliphatic hydroxyl groups excluding tert-OH is 2. The van der Waals surface area contributed by atoms with Crippen molar-refractivity contribution >= 4 is 24.0 Å². The Bertz CT molecular complexity index is 1660. The van der Waals surface area contributed by atoms with Crippen molar-refractivity contribution in [3.63, 3.8) is 0 Å². The van der Waals surface area contributed by atoms with Gasteiger partial charge in [-0.05, 0) is 46.9 Å². The first kappa shape index (κ1) is 43.0. The molecule has 0 aliphatic carbocycles. The highest BCUT2D eigenvalue weighted by Crippen LogP contribution is 2.17.